The van der Waals surface area contributed by atoms with Gasteiger partial charge in [0.1, 0.15) is 5.76 Å². The van der Waals surface area contributed by atoms with Crippen molar-refractivity contribution >= 4 is 17.6 Å². The van der Waals surface area contributed by atoms with Gasteiger partial charge in [-0.05, 0) is 39.3 Å². The first kappa shape index (κ1) is 21.0. The number of aromatic nitrogens is 1. The molecule has 1 aromatic carbocycles. The zero-order valence-electron chi connectivity index (χ0n) is 17.5. The van der Waals surface area contributed by atoms with Crippen molar-refractivity contribution in [2.45, 2.75) is 40.3 Å². The molecule has 1 aliphatic heterocycles. The maximum absolute atomic E-state index is 12.5. The molecule has 2 heterocycles. The molecule has 156 valence electrons. The van der Waals surface area contributed by atoms with E-state index in [9.17, 15) is 9.59 Å². The Labute approximate surface area is 171 Å². The van der Waals surface area contributed by atoms with Gasteiger partial charge >= 0.3 is 6.03 Å². The lowest BCUT2D eigenvalue weighted by Gasteiger charge is -2.36. The minimum Gasteiger partial charge on any atom is -0.361 e. The summed E-state index contributed by atoms with van der Waals surface area (Å²) in [4.78, 5) is 29.1. The molecule has 3 amide bonds. The summed E-state index contributed by atoms with van der Waals surface area (Å²) in [6.07, 6.45) is 0. The molecule has 0 aliphatic carbocycles. The fourth-order valence-corrected chi connectivity index (χ4v) is 3.52. The molecule has 2 aromatic rings. The van der Waals surface area contributed by atoms with Gasteiger partial charge < -0.3 is 9.84 Å². The summed E-state index contributed by atoms with van der Waals surface area (Å²) in [5, 5.41) is 9.23. The first-order valence-electron chi connectivity index (χ1n) is 9.89. The minimum absolute atomic E-state index is 0.298. The van der Waals surface area contributed by atoms with Gasteiger partial charge in [-0.2, -0.15) is 0 Å². The largest absolute Gasteiger partial charge is 0.361 e. The van der Waals surface area contributed by atoms with E-state index in [1.165, 1.54) is 0 Å². The highest BCUT2D eigenvalue weighted by atomic mass is 16.5. The zero-order valence-corrected chi connectivity index (χ0v) is 17.5. The van der Waals surface area contributed by atoms with Crippen LogP contribution >= 0.6 is 0 Å². The highest BCUT2D eigenvalue weighted by molar-refractivity contribution is 6.03. The molecule has 2 N–H and O–H groups in total. The van der Waals surface area contributed by atoms with E-state index in [1.54, 1.807) is 0 Å². The predicted molar refractivity (Wildman–Crippen MR) is 111 cm³/mol. The van der Waals surface area contributed by atoms with E-state index in [4.69, 9.17) is 4.52 Å². The number of hydrogen-bond acceptors (Lipinski definition) is 6. The predicted octanol–water partition coefficient (Wildman–Crippen LogP) is 2.45. The fourth-order valence-electron chi connectivity index (χ4n) is 3.52. The van der Waals surface area contributed by atoms with Crippen LogP contribution in [-0.4, -0.2) is 59.1 Å². The molecule has 3 rings (SSSR count). The van der Waals surface area contributed by atoms with Gasteiger partial charge in [0, 0.05) is 44.5 Å². The number of carbonyl (C=O) groups excluding carboxylic acids is 2. The first-order chi connectivity index (χ1) is 13.8. The Kier molecular flexibility index (Phi) is 6.66. The quantitative estimate of drug-likeness (QED) is 0.803. The van der Waals surface area contributed by atoms with Gasteiger partial charge in [0.15, 0.2) is 0 Å². The Morgan fingerprint density at radius 1 is 1.14 bits per heavy atom. The maximum atomic E-state index is 12.5. The number of benzene rings is 1. The van der Waals surface area contributed by atoms with Crippen molar-refractivity contribution in [1.82, 2.24) is 20.3 Å². The van der Waals surface area contributed by atoms with Gasteiger partial charge in [-0.15, -0.1) is 0 Å². The van der Waals surface area contributed by atoms with Crippen LogP contribution in [-0.2, 0) is 11.3 Å². The van der Waals surface area contributed by atoms with Crippen molar-refractivity contribution in [3.05, 3.63) is 46.8 Å². The van der Waals surface area contributed by atoms with Crippen molar-refractivity contribution in [2.75, 3.05) is 31.5 Å². The molecule has 1 saturated heterocycles. The van der Waals surface area contributed by atoms with Crippen LogP contribution in [0.15, 0.2) is 28.8 Å². The first-order valence-corrected chi connectivity index (χ1v) is 9.89. The molecule has 1 fully saturated rings. The number of imide groups is 1. The second-order valence-electron chi connectivity index (χ2n) is 7.68. The number of piperazine rings is 1. The number of urea groups is 1. The number of carbonyl (C=O) groups is 2. The summed E-state index contributed by atoms with van der Waals surface area (Å²) in [6, 6.07) is 6.81. The molecule has 0 spiro atoms. The number of anilines is 1. The molecule has 0 radical (unpaired) electrons. The summed E-state index contributed by atoms with van der Waals surface area (Å²) in [5.74, 6) is 0.510. The van der Waals surface area contributed by atoms with Crippen LogP contribution in [0.1, 0.15) is 29.5 Å². The van der Waals surface area contributed by atoms with E-state index < -0.39 is 6.03 Å². The number of hydrogen-bond donors (Lipinski definition) is 2. The van der Waals surface area contributed by atoms with Crippen LogP contribution in [0.2, 0.25) is 0 Å². The third-order valence-electron chi connectivity index (χ3n) is 5.26. The monoisotopic (exact) mass is 399 g/mol. The van der Waals surface area contributed by atoms with E-state index >= 15 is 0 Å². The third-order valence-corrected chi connectivity index (χ3v) is 5.26. The van der Waals surface area contributed by atoms with E-state index in [-0.39, 0.29) is 11.9 Å². The molecule has 0 unspecified atom stereocenters. The lowest BCUT2D eigenvalue weighted by Crippen LogP contribution is -2.54. The van der Waals surface area contributed by atoms with E-state index in [1.807, 2.05) is 52.0 Å². The van der Waals surface area contributed by atoms with Crippen LogP contribution in [0, 0.1) is 20.8 Å². The molecular weight excluding hydrogens is 370 g/mol. The maximum Gasteiger partial charge on any atom is 0.325 e. The van der Waals surface area contributed by atoms with E-state index in [0.29, 0.717) is 5.69 Å². The average molecular weight is 399 g/mol. The van der Waals surface area contributed by atoms with Crippen LogP contribution in [0.4, 0.5) is 10.5 Å². The van der Waals surface area contributed by atoms with Gasteiger partial charge in [-0.3, -0.25) is 19.9 Å². The van der Waals surface area contributed by atoms with Gasteiger partial charge in [0.2, 0.25) is 5.91 Å². The standard InChI is InChI=1S/C21H29N5O3/c1-14-5-6-19(15(2)11-14)22-21(28)23-20(27)17(4)26-9-7-25(8-10-26)13-18-12-16(3)29-24-18/h5-6,11-12,17H,7-10,13H2,1-4H3,(H2,22,23,27,28)/t17-/m1/s1. The van der Waals surface area contributed by atoms with Gasteiger partial charge in [-0.1, -0.05) is 22.9 Å². The Morgan fingerprint density at radius 3 is 2.48 bits per heavy atom. The molecule has 1 atom stereocenters. The summed E-state index contributed by atoms with van der Waals surface area (Å²) in [6.45, 7) is 11.5. The summed E-state index contributed by atoms with van der Waals surface area (Å²) in [7, 11) is 0. The summed E-state index contributed by atoms with van der Waals surface area (Å²) < 4.78 is 5.11. The smallest absolute Gasteiger partial charge is 0.325 e. The lowest BCUT2D eigenvalue weighted by molar-refractivity contribution is -0.125. The van der Waals surface area contributed by atoms with Gasteiger partial charge in [0.25, 0.3) is 0 Å². The Hall–Kier alpha value is -2.71. The average Bonchev–Trinajstić information content (AvgIpc) is 3.08. The zero-order chi connectivity index (χ0) is 21.0. The summed E-state index contributed by atoms with van der Waals surface area (Å²) in [5.41, 5.74) is 3.70. The Morgan fingerprint density at radius 2 is 1.86 bits per heavy atom. The highest BCUT2D eigenvalue weighted by Crippen LogP contribution is 2.16. The Balaban J connectivity index is 1.45. The molecule has 8 heteroatoms. The number of nitrogens with zero attached hydrogens (tertiary/aromatic N) is 3. The molecule has 0 bridgehead atoms. The van der Waals surface area contributed by atoms with Gasteiger partial charge in [0.05, 0.1) is 11.7 Å². The minimum atomic E-state index is -0.506. The number of amides is 3. The second-order valence-corrected chi connectivity index (χ2v) is 7.68. The van der Waals surface area contributed by atoms with Crippen LogP contribution in [0.5, 0.6) is 0 Å². The van der Waals surface area contributed by atoms with Crippen molar-refractivity contribution < 1.29 is 14.1 Å². The molecule has 1 aromatic heterocycles. The SMILES string of the molecule is Cc1ccc(NC(=O)NC(=O)[C@@H](C)N2CCN(Cc3cc(C)on3)CC2)c(C)c1. The third kappa shape index (κ3) is 5.65. The molecular formula is C21H29N5O3. The second kappa shape index (κ2) is 9.19. The highest BCUT2D eigenvalue weighted by Gasteiger charge is 2.27. The number of rotatable bonds is 5. The summed E-state index contributed by atoms with van der Waals surface area (Å²) >= 11 is 0. The molecule has 29 heavy (non-hydrogen) atoms. The molecule has 0 saturated carbocycles. The fraction of sp³-hybridized carbons (Fsp3) is 0.476. The van der Waals surface area contributed by atoms with E-state index in [2.05, 4.69) is 25.6 Å². The normalized spacial score (nSPS) is 16.4. The Bertz CT molecular complexity index is 871. The van der Waals surface area contributed by atoms with Crippen molar-refractivity contribution in [3.63, 3.8) is 0 Å². The van der Waals surface area contributed by atoms with Crippen molar-refractivity contribution in [2.24, 2.45) is 0 Å². The van der Waals surface area contributed by atoms with Crippen molar-refractivity contribution in [1.29, 1.82) is 0 Å². The lowest BCUT2D eigenvalue weighted by atomic mass is 10.1. The van der Waals surface area contributed by atoms with Crippen LogP contribution < -0.4 is 10.6 Å². The van der Waals surface area contributed by atoms with E-state index in [0.717, 1.165) is 55.3 Å². The number of aryl methyl sites for hydroxylation is 3. The molecule has 8 nitrogen and oxygen atoms in total. The molecule has 1 aliphatic rings. The number of nitrogens with one attached hydrogen (secondary N) is 2. The van der Waals surface area contributed by atoms with Gasteiger partial charge in [-0.25, -0.2) is 4.79 Å². The van der Waals surface area contributed by atoms with Crippen LogP contribution in [0.25, 0.3) is 0 Å². The van der Waals surface area contributed by atoms with Crippen LogP contribution in [0.3, 0.4) is 0 Å². The topological polar surface area (TPSA) is 90.7 Å². The van der Waals surface area contributed by atoms with Crippen molar-refractivity contribution in [3.8, 4) is 0 Å².